The van der Waals surface area contributed by atoms with Crippen molar-refractivity contribution < 1.29 is 18.7 Å². The van der Waals surface area contributed by atoms with Gasteiger partial charge in [-0.15, -0.1) is 0 Å². The van der Waals surface area contributed by atoms with Crippen molar-refractivity contribution >= 4 is 11.8 Å². The Bertz CT molecular complexity index is 891. The van der Waals surface area contributed by atoms with E-state index >= 15 is 0 Å². The fourth-order valence-electron chi connectivity index (χ4n) is 3.72. The first-order valence-corrected chi connectivity index (χ1v) is 9.47. The van der Waals surface area contributed by atoms with Gasteiger partial charge in [-0.1, -0.05) is 0 Å². The Labute approximate surface area is 162 Å². The normalized spacial score (nSPS) is 22.7. The van der Waals surface area contributed by atoms with Crippen molar-refractivity contribution in [2.24, 2.45) is 13.0 Å². The van der Waals surface area contributed by atoms with Gasteiger partial charge in [-0.2, -0.15) is 5.10 Å². The summed E-state index contributed by atoms with van der Waals surface area (Å²) in [5.41, 5.74) is 1.47. The van der Waals surface area contributed by atoms with E-state index in [1.807, 2.05) is 19.3 Å². The van der Waals surface area contributed by atoms with Gasteiger partial charge in [-0.05, 0) is 43.0 Å². The van der Waals surface area contributed by atoms with E-state index in [2.05, 4.69) is 15.7 Å². The zero-order chi connectivity index (χ0) is 19.7. The molecule has 0 bridgehead atoms. The standard InChI is InChI=1S/C20H23FN4O3/c1-25-5-4-15(24-25)10-19(26)22-11-12-6-16(7-12)23-20(27)18-9-13-8-14(21)2-3-17(13)28-18/h2-5,8,12,16,18H,6-7,9-11H2,1H3,(H,22,26)(H,23,27). The minimum absolute atomic E-state index is 0.0458. The molecule has 2 aromatic rings. The molecule has 1 fully saturated rings. The Kier molecular flexibility index (Phi) is 5.02. The number of ether oxygens (including phenoxy) is 1. The topological polar surface area (TPSA) is 85.2 Å². The largest absolute Gasteiger partial charge is 0.480 e. The van der Waals surface area contributed by atoms with Crippen LogP contribution < -0.4 is 15.4 Å². The Balaban J connectivity index is 1.15. The summed E-state index contributed by atoms with van der Waals surface area (Å²) in [7, 11) is 1.82. The number of aromatic nitrogens is 2. The molecule has 0 saturated heterocycles. The third-order valence-electron chi connectivity index (χ3n) is 5.27. The van der Waals surface area contributed by atoms with E-state index < -0.39 is 6.10 Å². The molecule has 1 aliphatic carbocycles. The maximum Gasteiger partial charge on any atom is 0.261 e. The lowest BCUT2D eigenvalue weighted by Crippen LogP contribution is -2.51. The number of nitrogens with one attached hydrogen (secondary N) is 2. The van der Waals surface area contributed by atoms with Gasteiger partial charge in [0.1, 0.15) is 11.6 Å². The SMILES string of the molecule is Cn1ccc(CC(=O)NCC2CC(NC(=O)C3Cc4cc(F)ccc4O3)C2)n1. The van der Waals surface area contributed by atoms with Crippen LogP contribution in [0.15, 0.2) is 30.5 Å². The van der Waals surface area contributed by atoms with Gasteiger partial charge in [-0.3, -0.25) is 14.3 Å². The van der Waals surface area contributed by atoms with Crippen LogP contribution in [0.4, 0.5) is 4.39 Å². The Morgan fingerprint density at radius 3 is 2.89 bits per heavy atom. The van der Waals surface area contributed by atoms with Crippen LogP contribution >= 0.6 is 0 Å². The molecular weight excluding hydrogens is 363 g/mol. The maximum atomic E-state index is 13.3. The number of benzene rings is 1. The van der Waals surface area contributed by atoms with Crippen LogP contribution in [0.25, 0.3) is 0 Å². The summed E-state index contributed by atoms with van der Waals surface area (Å²) >= 11 is 0. The smallest absolute Gasteiger partial charge is 0.261 e. The molecule has 2 aliphatic rings. The lowest BCUT2D eigenvalue weighted by atomic mass is 9.80. The molecule has 1 aromatic carbocycles. The highest BCUT2D eigenvalue weighted by molar-refractivity contribution is 5.83. The molecule has 148 valence electrons. The molecule has 0 radical (unpaired) electrons. The zero-order valence-electron chi connectivity index (χ0n) is 15.7. The molecule has 1 saturated carbocycles. The van der Waals surface area contributed by atoms with E-state index in [9.17, 15) is 14.0 Å². The molecule has 7 nitrogen and oxygen atoms in total. The molecule has 8 heteroatoms. The van der Waals surface area contributed by atoms with Gasteiger partial charge in [-0.25, -0.2) is 4.39 Å². The van der Waals surface area contributed by atoms with Crippen LogP contribution in [-0.4, -0.2) is 40.3 Å². The van der Waals surface area contributed by atoms with Crippen LogP contribution in [0.3, 0.4) is 0 Å². The molecule has 0 spiro atoms. The van der Waals surface area contributed by atoms with E-state index in [0.717, 1.165) is 24.1 Å². The van der Waals surface area contributed by atoms with E-state index in [0.29, 0.717) is 24.6 Å². The number of amides is 2. The van der Waals surface area contributed by atoms with Crippen molar-refractivity contribution in [2.45, 2.75) is 37.8 Å². The minimum Gasteiger partial charge on any atom is -0.480 e. The van der Waals surface area contributed by atoms with Crippen molar-refractivity contribution in [2.75, 3.05) is 6.54 Å². The van der Waals surface area contributed by atoms with Crippen LogP contribution in [0.5, 0.6) is 5.75 Å². The second-order valence-corrected chi connectivity index (χ2v) is 7.57. The lowest BCUT2D eigenvalue weighted by molar-refractivity contribution is -0.129. The number of carbonyl (C=O) groups is 2. The predicted octanol–water partition coefficient (Wildman–Crippen LogP) is 1.12. The predicted molar refractivity (Wildman–Crippen MR) is 99.1 cm³/mol. The summed E-state index contributed by atoms with van der Waals surface area (Å²) in [5, 5.41) is 10.1. The zero-order valence-corrected chi connectivity index (χ0v) is 15.7. The number of nitrogens with zero attached hydrogens (tertiary/aromatic N) is 2. The number of hydrogen-bond donors (Lipinski definition) is 2. The lowest BCUT2D eigenvalue weighted by Gasteiger charge is -2.36. The van der Waals surface area contributed by atoms with Gasteiger partial charge in [0.15, 0.2) is 6.10 Å². The summed E-state index contributed by atoms with van der Waals surface area (Å²) in [6.07, 6.45) is 3.51. The average Bonchev–Trinajstić information content (AvgIpc) is 3.22. The van der Waals surface area contributed by atoms with Crippen LogP contribution in [0.1, 0.15) is 24.1 Å². The fourth-order valence-corrected chi connectivity index (χ4v) is 3.72. The molecule has 2 heterocycles. The second kappa shape index (κ2) is 7.61. The summed E-state index contributed by atoms with van der Waals surface area (Å²) in [5.74, 6) is 0.391. The van der Waals surface area contributed by atoms with E-state index in [1.54, 1.807) is 10.7 Å². The number of carbonyl (C=O) groups excluding carboxylic acids is 2. The number of aryl methyl sites for hydroxylation is 1. The first kappa shape index (κ1) is 18.5. The van der Waals surface area contributed by atoms with Gasteiger partial charge < -0.3 is 15.4 Å². The molecule has 2 N–H and O–H groups in total. The molecule has 1 aliphatic heterocycles. The summed E-state index contributed by atoms with van der Waals surface area (Å²) in [6, 6.07) is 6.22. The fraction of sp³-hybridized carbons (Fsp3) is 0.450. The van der Waals surface area contributed by atoms with Gasteiger partial charge in [0.2, 0.25) is 5.91 Å². The summed E-state index contributed by atoms with van der Waals surface area (Å²) in [6.45, 7) is 0.600. The van der Waals surface area contributed by atoms with Crippen LogP contribution in [0.2, 0.25) is 0 Å². The molecular formula is C20H23FN4O3. The van der Waals surface area contributed by atoms with Gasteiger partial charge >= 0.3 is 0 Å². The van der Waals surface area contributed by atoms with Crippen molar-refractivity contribution in [3.05, 3.63) is 47.5 Å². The van der Waals surface area contributed by atoms with E-state index in [-0.39, 0.29) is 30.1 Å². The average molecular weight is 386 g/mol. The first-order chi connectivity index (χ1) is 13.5. The Hall–Kier alpha value is -2.90. The number of halogens is 1. The molecule has 1 atom stereocenters. The number of hydrogen-bond acceptors (Lipinski definition) is 4. The number of fused-ring (bicyclic) bond motifs is 1. The monoisotopic (exact) mass is 386 g/mol. The van der Waals surface area contributed by atoms with Crippen LogP contribution in [-0.2, 0) is 29.5 Å². The highest BCUT2D eigenvalue weighted by Gasteiger charge is 2.35. The van der Waals surface area contributed by atoms with Crippen LogP contribution in [0, 0.1) is 11.7 Å². The summed E-state index contributed by atoms with van der Waals surface area (Å²) in [4.78, 5) is 24.3. The van der Waals surface area contributed by atoms with Crippen molar-refractivity contribution in [3.8, 4) is 5.75 Å². The highest BCUT2D eigenvalue weighted by Crippen LogP contribution is 2.31. The van der Waals surface area contributed by atoms with Gasteiger partial charge in [0.25, 0.3) is 5.91 Å². The quantitative estimate of drug-likeness (QED) is 0.779. The Morgan fingerprint density at radius 2 is 2.14 bits per heavy atom. The first-order valence-electron chi connectivity index (χ1n) is 9.47. The second-order valence-electron chi connectivity index (χ2n) is 7.57. The van der Waals surface area contributed by atoms with Gasteiger partial charge in [0.05, 0.1) is 12.1 Å². The Morgan fingerprint density at radius 1 is 1.32 bits per heavy atom. The van der Waals surface area contributed by atoms with Crippen molar-refractivity contribution in [1.82, 2.24) is 20.4 Å². The van der Waals surface area contributed by atoms with Gasteiger partial charge in [0, 0.05) is 37.8 Å². The third kappa shape index (κ3) is 4.16. The minimum atomic E-state index is -0.603. The molecule has 1 unspecified atom stereocenters. The summed E-state index contributed by atoms with van der Waals surface area (Å²) < 4.78 is 20.6. The highest BCUT2D eigenvalue weighted by atomic mass is 19.1. The van der Waals surface area contributed by atoms with E-state index in [4.69, 9.17) is 4.74 Å². The number of rotatable bonds is 6. The van der Waals surface area contributed by atoms with Crippen molar-refractivity contribution in [3.63, 3.8) is 0 Å². The molecule has 28 heavy (non-hydrogen) atoms. The maximum absolute atomic E-state index is 13.3. The molecule has 1 aromatic heterocycles. The molecule has 2 amide bonds. The third-order valence-corrected chi connectivity index (χ3v) is 5.27. The van der Waals surface area contributed by atoms with E-state index in [1.165, 1.54) is 12.1 Å². The van der Waals surface area contributed by atoms with Crippen molar-refractivity contribution in [1.29, 1.82) is 0 Å². The molecule has 4 rings (SSSR count).